The second-order valence-electron chi connectivity index (χ2n) is 6.70. The van der Waals surface area contributed by atoms with Crippen LogP contribution in [0.4, 0.5) is 8.78 Å². The zero-order chi connectivity index (χ0) is 22.5. The third-order valence-corrected chi connectivity index (χ3v) is 4.72. The van der Waals surface area contributed by atoms with Gasteiger partial charge in [0.2, 0.25) is 5.88 Å². The highest BCUT2D eigenvalue weighted by Gasteiger charge is 2.36. The van der Waals surface area contributed by atoms with Gasteiger partial charge in [-0.25, -0.2) is 13.6 Å². The van der Waals surface area contributed by atoms with Gasteiger partial charge in [0.1, 0.15) is 24.0 Å². The Bertz CT molecular complexity index is 1080. The lowest BCUT2D eigenvalue weighted by Crippen LogP contribution is -2.25. The zero-order valence-corrected chi connectivity index (χ0v) is 16.9. The lowest BCUT2D eigenvalue weighted by molar-refractivity contribution is -0.139. The van der Waals surface area contributed by atoms with Crippen LogP contribution in [0.1, 0.15) is 30.9 Å². The fraction of sp³-hybridized carbons (Fsp3) is 0.217. The van der Waals surface area contributed by atoms with Crippen molar-refractivity contribution in [3.8, 4) is 11.8 Å². The number of nitrogens with two attached hydrogens (primary N) is 1. The summed E-state index contributed by atoms with van der Waals surface area (Å²) < 4.78 is 43.2. The van der Waals surface area contributed by atoms with Gasteiger partial charge in [-0.15, -0.1) is 0 Å². The molecule has 1 aliphatic rings. The van der Waals surface area contributed by atoms with E-state index in [1.54, 1.807) is 38.1 Å². The molecule has 1 atom stereocenters. The summed E-state index contributed by atoms with van der Waals surface area (Å²) >= 11 is 0. The molecule has 0 saturated heterocycles. The van der Waals surface area contributed by atoms with Gasteiger partial charge in [-0.2, -0.15) is 5.26 Å². The van der Waals surface area contributed by atoms with Crippen molar-refractivity contribution in [2.45, 2.75) is 26.4 Å². The molecule has 8 heteroatoms. The van der Waals surface area contributed by atoms with E-state index in [0.29, 0.717) is 11.1 Å². The highest BCUT2D eigenvalue weighted by molar-refractivity contribution is 5.92. The minimum Gasteiger partial charge on any atom is -0.483 e. The number of nitriles is 1. The maximum absolute atomic E-state index is 13.7. The van der Waals surface area contributed by atoms with Gasteiger partial charge < -0.3 is 19.9 Å². The summed E-state index contributed by atoms with van der Waals surface area (Å²) in [7, 11) is 0. The molecule has 0 amide bonds. The van der Waals surface area contributed by atoms with Crippen molar-refractivity contribution in [2.24, 2.45) is 5.73 Å². The number of ether oxygens (including phenoxy) is 3. The van der Waals surface area contributed by atoms with Gasteiger partial charge in [-0.05, 0) is 37.1 Å². The quantitative estimate of drug-likeness (QED) is 0.696. The van der Waals surface area contributed by atoms with E-state index in [1.165, 1.54) is 6.07 Å². The second-order valence-corrected chi connectivity index (χ2v) is 6.70. The largest absolute Gasteiger partial charge is 0.483 e. The first-order valence-corrected chi connectivity index (χ1v) is 9.48. The molecule has 0 aromatic heterocycles. The topological polar surface area (TPSA) is 94.6 Å². The van der Waals surface area contributed by atoms with Crippen LogP contribution in [-0.2, 0) is 20.9 Å². The molecule has 31 heavy (non-hydrogen) atoms. The number of hydrogen-bond donors (Lipinski definition) is 1. The van der Waals surface area contributed by atoms with Crippen LogP contribution in [0.3, 0.4) is 0 Å². The second kappa shape index (κ2) is 9.30. The molecule has 2 aromatic carbocycles. The molecule has 6 nitrogen and oxygen atoms in total. The number of carbonyl (C=O) groups is 1. The van der Waals surface area contributed by atoms with Gasteiger partial charge in [0.15, 0.2) is 17.4 Å². The summed E-state index contributed by atoms with van der Waals surface area (Å²) in [6.45, 7) is 3.33. The summed E-state index contributed by atoms with van der Waals surface area (Å²) in [5, 5.41) is 9.59. The number of allylic oxidation sites excluding steroid dienone is 2. The SMILES string of the molecule is CCOC(=O)C1=C(C)OC(N)=C(C#N)C1c1ccc(COc2c(F)cccc2F)cc1. The molecule has 0 saturated carbocycles. The van der Waals surface area contributed by atoms with Crippen LogP contribution in [0.2, 0.25) is 0 Å². The Balaban J connectivity index is 1.88. The first kappa shape index (κ1) is 21.8. The van der Waals surface area contributed by atoms with Crippen LogP contribution in [0.25, 0.3) is 0 Å². The minimum atomic E-state index is -0.794. The lowest BCUT2D eigenvalue weighted by Gasteiger charge is -2.27. The summed E-state index contributed by atoms with van der Waals surface area (Å²) in [6, 6.07) is 12.2. The van der Waals surface area contributed by atoms with E-state index in [1.807, 2.05) is 6.07 Å². The van der Waals surface area contributed by atoms with Crippen LogP contribution < -0.4 is 10.5 Å². The molecule has 0 radical (unpaired) electrons. The maximum Gasteiger partial charge on any atom is 0.338 e. The predicted octanol–water partition coefficient (Wildman–Crippen LogP) is 4.19. The number of hydrogen-bond acceptors (Lipinski definition) is 6. The standard InChI is InChI=1S/C23H20F2N2O4/c1-3-29-23(28)19-13(2)31-22(27)16(11-26)20(19)15-9-7-14(8-10-15)12-30-21-17(24)5-4-6-18(21)25/h4-10,20H,3,12,27H2,1-2H3. The molecule has 0 fully saturated rings. The Labute approximate surface area is 178 Å². The van der Waals surface area contributed by atoms with Crippen LogP contribution in [0, 0.1) is 23.0 Å². The van der Waals surface area contributed by atoms with Crippen LogP contribution >= 0.6 is 0 Å². The van der Waals surface area contributed by atoms with Crippen molar-refractivity contribution in [3.05, 3.63) is 88.0 Å². The van der Waals surface area contributed by atoms with Crippen LogP contribution in [0.15, 0.2) is 65.3 Å². The van der Waals surface area contributed by atoms with E-state index in [0.717, 1.165) is 12.1 Å². The molecular formula is C23H20F2N2O4. The highest BCUT2D eigenvalue weighted by Crippen LogP contribution is 2.39. The van der Waals surface area contributed by atoms with Gasteiger partial charge in [0.25, 0.3) is 0 Å². The highest BCUT2D eigenvalue weighted by atomic mass is 19.1. The average molecular weight is 426 g/mol. The molecule has 0 spiro atoms. The van der Waals surface area contributed by atoms with Crippen molar-refractivity contribution in [3.63, 3.8) is 0 Å². The van der Waals surface area contributed by atoms with Crippen LogP contribution in [-0.4, -0.2) is 12.6 Å². The number of halogens is 2. The monoisotopic (exact) mass is 426 g/mol. The summed E-state index contributed by atoms with van der Waals surface area (Å²) in [5.41, 5.74) is 7.38. The zero-order valence-electron chi connectivity index (χ0n) is 16.9. The van der Waals surface area contributed by atoms with Gasteiger partial charge in [-0.1, -0.05) is 30.3 Å². The maximum atomic E-state index is 13.7. The smallest absolute Gasteiger partial charge is 0.338 e. The fourth-order valence-electron chi connectivity index (χ4n) is 3.27. The number of esters is 1. The third-order valence-electron chi connectivity index (χ3n) is 4.72. The van der Waals surface area contributed by atoms with Crippen molar-refractivity contribution < 1.29 is 27.8 Å². The number of benzene rings is 2. The molecule has 1 unspecified atom stereocenters. The number of carbonyl (C=O) groups excluding carboxylic acids is 1. The van der Waals surface area contributed by atoms with Gasteiger partial charge in [0, 0.05) is 0 Å². The summed E-state index contributed by atoms with van der Waals surface area (Å²) in [4.78, 5) is 12.5. The van der Waals surface area contributed by atoms with Crippen molar-refractivity contribution in [2.75, 3.05) is 6.61 Å². The van der Waals surface area contributed by atoms with E-state index in [4.69, 9.17) is 19.9 Å². The molecule has 1 aliphatic heterocycles. The molecule has 2 N–H and O–H groups in total. The Morgan fingerprint density at radius 1 is 1.19 bits per heavy atom. The molecule has 1 heterocycles. The predicted molar refractivity (Wildman–Crippen MR) is 107 cm³/mol. The Morgan fingerprint density at radius 2 is 1.84 bits per heavy atom. The van der Waals surface area contributed by atoms with E-state index in [2.05, 4.69) is 0 Å². The van der Waals surface area contributed by atoms with E-state index in [9.17, 15) is 18.8 Å². The molecule has 3 rings (SSSR count). The van der Waals surface area contributed by atoms with Gasteiger partial charge >= 0.3 is 5.97 Å². The minimum absolute atomic E-state index is 0.0748. The Morgan fingerprint density at radius 3 is 2.42 bits per heavy atom. The first-order chi connectivity index (χ1) is 14.9. The average Bonchev–Trinajstić information content (AvgIpc) is 2.73. The Hall–Kier alpha value is -3.86. The molecule has 160 valence electrons. The van der Waals surface area contributed by atoms with E-state index in [-0.39, 0.29) is 36.0 Å². The van der Waals surface area contributed by atoms with Crippen molar-refractivity contribution in [1.82, 2.24) is 0 Å². The fourth-order valence-corrected chi connectivity index (χ4v) is 3.27. The summed E-state index contributed by atoms with van der Waals surface area (Å²) in [5.74, 6) is -3.25. The number of rotatable bonds is 6. The molecule has 0 aliphatic carbocycles. The van der Waals surface area contributed by atoms with E-state index < -0.39 is 29.3 Å². The summed E-state index contributed by atoms with van der Waals surface area (Å²) in [6.07, 6.45) is 0. The van der Waals surface area contributed by atoms with Gasteiger partial charge in [0.05, 0.1) is 18.1 Å². The normalized spacial score (nSPS) is 15.9. The first-order valence-electron chi connectivity index (χ1n) is 9.48. The molecular weight excluding hydrogens is 406 g/mol. The van der Waals surface area contributed by atoms with Crippen LogP contribution in [0.5, 0.6) is 5.75 Å². The number of nitrogens with zero attached hydrogens (tertiary/aromatic N) is 1. The van der Waals surface area contributed by atoms with Crippen molar-refractivity contribution >= 4 is 5.97 Å². The Kier molecular flexibility index (Phi) is 6.55. The van der Waals surface area contributed by atoms with Crippen molar-refractivity contribution in [1.29, 1.82) is 5.26 Å². The molecule has 0 bridgehead atoms. The van der Waals surface area contributed by atoms with E-state index >= 15 is 0 Å². The number of para-hydroxylation sites is 1. The molecule has 2 aromatic rings. The van der Waals surface area contributed by atoms with Gasteiger partial charge in [-0.3, -0.25) is 0 Å². The third kappa shape index (κ3) is 4.51. The lowest BCUT2D eigenvalue weighted by atomic mass is 9.83.